The van der Waals surface area contributed by atoms with Crippen LogP contribution in [0.3, 0.4) is 0 Å². The molecule has 2 aromatic carbocycles. The van der Waals surface area contributed by atoms with Gasteiger partial charge in [-0.25, -0.2) is 22.2 Å². The molecular formula is C20H15F4N3O4S. The Morgan fingerprint density at radius 2 is 1.78 bits per heavy atom. The Hall–Kier alpha value is -3.12. The summed E-state index contributed by atoms with van der Waals surface area (Å²) in [6.45, 7) is -0.125. The molecule has 12 heteroatoms. The first-order valence-corrected chi connectivity index (χ1v) is 11.0. The van der Waals surface area contributed by atoms with Crippen LogP contribution in [-0.4, -0.2) is 33.5 Å². The molecule has 5 rings (SSSR count). The largest absolute Gasteiger partial charge is 0.493 e. The third-order valence-electron chi connectivity index (χ3n) is 5.87. The van der Waals surface area contributed by atoms with Crippen LogP contribution < -0.4 is 5.69 Å². The van der Waals surface area contributed by atoms with E-state index in [1.165, 1.54) is 22.8 Å². The molecule has 168 valence electrons. The molecule has 2 bridgehead atoms. The van der Waals surface area contributed by atoms with E-state index in [1.807, 2.05) is 0 Å². The summed E-state index contributed by atoms with van der Waals surface area (Å²) in [4.78, 5) is 12.4. The number of fused-ring (bicyclic) bond motifs is 5. The molecule has 0 radical (unpaired) electrons. The first-order valence-electron chi connectivity index (χ1n) is 9.52. The normalized spacial score (nSPS) is 20.6. The molecule has 0 aliphatic carbocycles. The number of halogens is 4. The lowest BCUT2D eigenvalue weighted by atomic mass is 10.2. The molecule has 32 heavy (non-hydrogen) atoms. The molecule has 2 atom stereocenters. The molecule has 1 unspecified atom stereocenters. The predicted molar refractivity (Wildman–Crippen MR) is 103 cm³/mol. The maximum absolute atomic E-state index is 14.2. The second-order valence-corrected chi connectivity index (χ2v) is 9.51. The summed E-state index contributed by atoms with van der Waals surface area (Å²) in [5.74, 6) is -1.58. The molecule has 0 amide bonds. The molecule has 0 saturated carbocycles. The van der Waals surface area contributed by atoms with Gasteiger partial charge >= 0.3 is 11.9 Å². The fraction of sp³-hybridized carbons (Fsp3) is 0.250. The number of nitrogens with zero attached hydrogens (tertiary/aromatic N) is 3. The number of sulfonamides is 1. The highest BCUT2D eigenvalue weighted by Gasteiger charge is 2.52. The minimum absolute atomic E-state index is 0.0245. The van der Waals surface area contributed by atoms with Crippen molar-refractivity contribution in [1.29, 1.82) is 0 Å². The van der Waals surface area contributed by atoms with Gasteiger partial charge in [0, 0.05) is 6.54 Å². The molecular weight excluding hydrogens is 454 g/mol. The van der Waals surface area contributed by atoms with Crippen molar-refractivity contribution in [2.75, 3.05) is 6.54 Å². The van der Waals surface area contributed by atoms with Crippen molar-refractivity contribution in [3.8, 4) is 11.6 Å². The number of hydrogen-bond donors (Lipinski definition) is 1. The van der Waals surface area contributed by atoms with Gasteiger partial charge in [-0.2, -0.15) is 17.5 Å². The summed E-state index contributed by atoms with van der Waals surface area (Å²) >= 11 is 0. The molecule has 3 heterocycles. The first kappa shape index (κ1) is 20.8. The van der Waals surface area contributed by atoms with Crippen molar-refractivity contribution in [1.82, 2.24) is 13.4 Å². The Balaban J connectivity index is 1.61. The van der Waals surface area contributed by atoms with E-state index in [1.54, 1.807) is 0 Å². The Kier molecular flexibility index (Phi) is 4.34. The second kappa shape index (κ2) is 6.69. The smallest absolute Gasteiger partial charge is 0.416 e. The van der Waals surface area contributed by atoms with Crippen LogP contribution in [0.1, 0.15) is 29.8 Å². The standard InChI is InChI=1S/C20H15F4N3O4S/c21-14-6-1-2-7-16(14)32(30,31)25-10-13-9-15(25)17-18(28)27(19(29)26(13)17)12-5-3-4-11(8-12)20(22,23)24/h1-8,13,15,28H,9-10H2/t13?,15-/m1/s1. The Labute approximate surface area is 178 Å². The maximum Gasteiger partial charge on any atom is 0.416 e. The van der Waals surface area contributed by atoms with Gasteiger partial charge in [0.2, 0.25) is 15.9 Å². The Bertz CT molecular complexity index is 1410. The van der Waals surface area contributed by atoms with E-state index in [4.69, 9.17) is 0 Å². The van der Waals surface area contributed by atoms with E-state index in [0.29, 0.717) is 0 Å². The third-order valence-corrected chi connectivity index (χ3v) is 7.78. The van der Waals surface area contributed by atoms with Crippen LogP contribution >= 0.6 is 0 Å². The lowest BCUT2D eigenvalue weighted by Gasteiger charge is -2.27. The van der Waals surface area contributed by atoms with E-state index in [-0.39, 0.29) is 24.3 Å². The summed E-state index contributed by atoms with van der Waals surface area (Å²) in [6, 6.07) is 7.18. The Morgan fingerprint density at radius 3 is 2.47 bits per heavy atom. The summed E-state index contributed by atoms with van der Waals surface area (Å²) in [7, 11) is -4.28. The molecule has 1 saturated heterocycles. The van der Waals surface area contributed by atoms with Gasteiger partial charge in [0.25, 0.3) is 0 Å². The number of benzene rings is 2. The maximum atomic E-state index is 14.2. The molecule has 3 aromatic rings. The lowest BCUT2D eigenvalue weighted by molar-refractivity contribution is -0.137. The highest BCUT2D eigenvalue weighted by molar-refractivity contribution is 7.89. The molecule has 2 aliphatic rings. The van der Waals surface area contributed by atoms with Crippen molar-refractivity contribution >= 4 is 10.0 Å². The van der Waals surface area contributed by atoms with Crippen LogP contribution in [0.2, 0.25) is 0 Å². The van der Waals surface area contributed by atoms with Gasteiger partial charge in [-0.3, -0.25) is 4.57 Å². The van der Waals surface area contributed by atoms with Gasteiger partial charge < -0.3 is 5.11 Å². The minimum atomic E-state index is -4.65. The van der Waals surface area contributed by atoms with Crippen molar-refractivity contribution in [3.63, 3.8) is 0 Å². The van der Waals surface area contributed by atoms with Crippen LogP contribution in [0.4, 0.5) is 17.6 Å². The van der Waals surface area contributed by atoms with Gasteiger partial charge in [0.15, 0.2) is 0 Å². The summed E-state index contributed by atoms with van der Waals surface area (Å²) in [5.41, 5.74) is -2.00. The van der Waals surface area contributed by atoms with Gasteiger partial charge in [0.05, 0.1) is 23.3 Å². The van der Waals surface area contributed by atoms with E-state index in [9.17, 15) is 35.9 Å². The fourth-order valence-electron chi connectivity index (χ4n) is 4.51. The van der Waals surface area contributed by atoms with E-state index < -0.39 is 56.1 Å². The van der Waals surface area contributed by atoms with Gasteiger partial charge in [-0.05, 0) is 36.8 Å². The number of aromatic nitrogens is 2. The summed E-state index contributed by atoms with van der Waals surface area (Å²) in [5, 5.41) is 10.8. The molecule has 1 fully saturated rings. The van der Waals surface area contributed by atoms with E-state index >= 15 is 0 Å². The number of alkyl halides is 3. The van der Waals surface area contributed by atoms with Crippen LogP contribution in [0.15, 0.2) is 58.2 Å². The number of aromatic hydroxyl groups is 1. The van der Waals surface area contributed by atoms with Crippen molar-refractivity contribution in [2.45, 2.75) is 29.6 Å². The SMILES string of the molecule is O=c1n(-c2cccc(C(F)(F)F)c2)c(O)c2n1C1C[C@H]2N(S(=O)(=O)c2ccccc2F)C1. The fourth-order valence-corrected chi connectivity index (χ4v) is 6.21. The number of rotatable bonds is 3. The predicted octanol–water partition coefficient (Wildman–Crippen LogP) is 3.19. The van der Waals surface area contributed by atoms with Crippen LogP contribution in [0.5, 0.6) is 5.88 Å². The van der Waals surface area contributed by atoms with E-state index in [0.717, 1.165) is 39.2 Å². The second-order valence-electron chi connectivity index (χ2n) is 7.66. The minimum Gasteiger partial charge on any atom is -0.493 e. The van der Waals surface area contributed by atoms with E-state index in [2.05, 4.69) is 0 Å². The molecule has 2 aliphatic heterocycles. The lowest BCUT2D eigenvalue weighted by Crippen LogP contribution is -2.38. The van der Waals surface area contributed by atoms with Crippen molar-refractivity contribution in [2.24, 2.45) is 0 Å². The molecule has 1 aromatic heterocycles. The summed E-state index contributed by atoms with van der Waals surface area (Å²) in [6.07, 6.45) is -4.46. The monoisotopic (exact) mass is 469 g/mol. The zero-order valence-corrected chi connectivity index (χ0v) is 16.9. The van der Waals surface area contributed by atoms with Gasteiger partial charge in [-0.1, -0.05) is 18.2 Å². The third kappa shape index (κ3) is 2.82. The number of imidazole rings is 1. The zero-order chi connectivity index (χ0) is 23.0. The quantitative estimate of drug-likeness (QED) is 0.598. The van der Waals surface area contributed by atoms with Crippen molar-refractivity contribution in [3.05, 3.63) is 76.1 Å². The van der Waals surface area contributed by atoms with Gasteiger partial charge in [-0.15, -0.1) is 0 Å². The molecule has 1 N–H and O–H groups in total. The van der Waals surface area contributed by atoms with Crippen LogP contribution in [0.25, 0.3) is 5.69 Å². The van der Waals surface area contributed by atoms with Gasteiger partial charge in [0.1, 0.15) is 16.4 Å². The average molecular weight is 469 g/mol. The van der Waals surface area contributed by atoms with Crippen molar-refractivity contribution < 1.29 is 31.1 Å². The van der Waals surface area contributed by atoms with Crippen LogP contribution in [0, 0.1) is 5.82 Å². The highest BCUT2D eigenvalue weighted by Crippen LogP contribution is 2.50. The average Bonchev–Trinajstić information content (AvgIpc) is 3.39. The topological polar surface area (TPSA) is 84.5 Å². The molecule has 0 spiro atoms. The van der Waals surface area contributed by atoms with Crippen LogP contribution in [-0.2, 0) is 16.2 Å². The first-order chi connectivity index (χ1) is 15.0. The summed E-state index contributed by atoms with van der Waals surface area (Å²) < 4.78 is 82.5. The number of hydrogen-bond acceptors (Lipinski definition) is 4. The highest BCUT2D eigenvalue weighted by atomic mass is 32.2. The zero-order valence-electron chi connectivity index (χ0n) is 16.1. The molecule has 7 nitrogen and oxygen atoms in total. The Morgan fingerprint density at radius 1 is 1.06 bits per heavy atom.